The fourth-order valence-electron chi connectivity index (χ4n) is 1.45. The van der Waals surface area contributed by atoms with Gasteiger partial charge in [0.1, 0.15) is 4.92 Å². The van der Waals surface area contributed by atoms with E-state index in [1.807, 2.05) is 0 Å². The van der Waals surface area contributed by atoms with Crippen LogP contribution in [0.3, 0.4) is 0 Å². The summed E-state index contributed by atoms with van der Waals surface area (Å²) >= 11 is 5.81. The largest absolute Gasteiger partial charge is 0.433 e. The first-order chi connectivity index (χ1) is 9.88. The van der Waals surface area contributed by atoms with Crippen LogP contribution in [0.4, 0.5) is 17.3 Å². The number of halogens is 1. The number of rotatable bonds is 4. The number of anilines is 1. The van der Waals surface area contributed by atoms with E-state index in [0.29, 0.717) is 0 Å². The second-order valence-corrected chi connectivity index (χ2v) is 4.18. The van der Waals surface area contributed by atoms with E-state index in [0.717, 1.165) is 18.2 Å². The molecule has 0 radical (unpaired) electrons. The molecule has 0 unspecified atom stereocenters. The van der Waals surface area contributed by atoms with Gasteiger partial charge in [-0.05, 0) is 12.1 Å². The number of nitro benzene ring substituents is 1. The van der Waals surface area contributed by atoms with E-state index in [2.05, 4.69) is 5.32 Å². The molecule has 0 saturated heterocycles. The van der Waals surface area contributed by atoms with E-state index in [9.17, 15) is 25.0 Å². The maximum absolute atomic E-state index is 11.8. The van der Waals surface area contributed by atoms with E-state index in [-0.39, 0.29) is 22.2 Å². The minimum atomic E-state index is -0.814. The van der Waals surface area contributed by atoms with Crippen LogP contribution in [0.15, 0.2) is 34.7 Å². The molecular formula is C11H6ClN3O6. The molecule has 0 spiro atoms. The van der Waals surface area contributed by atoms with Gasteiger partial charge in [0.05, 0.1) is 21.7 Å². The molecule has 9 nitrogen and oxygen atoms in total. The molecule has 10 heteroatoms. The third-order valence-corrected chi connectivity index (χ3v) is 2.73. The van der Waals surface area contributed by atoms with Gasteiger partial charge in [0, 0.05) is 12.1 Å². The van der Waals surface area contributed by atoms with Crippen molar-refractivity contribution in [2.45, 2.75) is 0 Å². The van der Waals surface area contributed by atoms with Crippen molar-refractivity contribution in [3.05, 3.63) is 61.3 Å². The number of hydrogen-bond acceptors (Lipinski definition) is 6. The summed E-state index contributed by atoms with van der Waals surface area (Å²) in [5.41, 5.74) is -0.268. The number of nitro groups is 2. The van der Waals surface area contributed by atoms with Crippen LogP contribution in [0.5, 0.6) is 0 Å². The Labute approximate surface area is 121 Å². The number of amides is 1. The van der Waals surface area contributed by atoms with E-state index < -0.39 is 21.6 Å². The lowest BCUT2D eigenvalue weighted by Gasteiger charge is -2.05. The number of benzene rings is 1. The Balaban J connectivity index is 2.24. The van der Waals surface area contributed by atoms with E-state index >= 15 is 0 Å². The molecule has 108 valence electrons. The highest BCUT2D eigenvalue weighted by Gasteiger charge is 2.19. The van der Waals surface area contributed by atoms with E-state index in [1.54, 1.807) is 0 Å². The quantitative estimate of drug-likeness (QED) is 0.682. The number of carbonyl (C=O) groups excluding carboxylic acids is 1. The highest BCUT2D eigenvalue weighted by molar-refractivity contribution is 6.34. The summed E-state index contributed by atoms with van der Waals surface area (Å²) in [6, 6.07) is 5.62. The van der Waals surface area contributed by atoms with Crippen molar-refractivity contribution in [2.75, 3.05) is 5.32 Å². The number of hydrogen-bond donors (Lipinski definition) is 1. The summed E-state index contributed by atoms with van der Waals surface area (Å²) in [5.74, 6) is -1.72. The third-order valence-electron chi connectivity index (χ3n) is 2.40. The zero-order chi connectivity index (χ0) is 15.6. The second kappa shape index (κ2) is 5.59. The molecule has 1 N–H and O–H groups in total. The first-order valence-electron chi connectivity index (χ1n) is 5.38. The maximum Gasteiger partial charge on any atom is 0.433 e. The van der Waals surface area contributed by atoms with Gasteiger partial charge in [0.2, 0.25) is 0 Å². The first kappa shape index (κ1) is 14.5. The highest BCUT2D eigenvalue weighted by atomic mass is 35.5. The molecule has 2 aromatic rings. The predicted octanol–water partition coefficient (Wildman–Crippen LogP) is 3.00. The van der Waals surface area contributed by atoms with Crippen LogP contribution in [0, 0.1) is 20.2 Å². The molecule has 0 aliphatic heterocycles. The average molecular weight is 312 g/mol. The normalized spacial score (nSPS) is 10.1. The number of non-ortho nitro benzene ring substituents is 1. The second-order valence-electron chi connectivity index (χ2n) is 3.77. The monoisotopic (exact) mass is 311 g/mol. The summed E-state index contributed by atoms with van der Waals surface area (Å²) in [6.45, 7) is 0. The molecule has 21 heavy (non-hydrogen) atoms. The van der Waals surface area contributed by atoms with Gasteiger partial charge < -0.3 is 9.73 Å². The fraction of sp³-hybridized carbons (Fsp3) is 0. The number of nitrogens with zero attached hydrogens (tertiary/aromatic N) is 2. The Hall–Kier alpha value is -2.94. The Kier molecular flexibility index (Phi) is 3.85. The van der Waals surface area contributed by atoms with E-state index in [1.165, 1.54) is 12.1 Å². The van der Waals surface area contributed by atoms with Crippen molar-refractivity contribution >= 4 is 34.8 Å². The first-order valence-corrected chi connectivity index (χ1v) is 5.76. The number of nitrogens with one attached hydrogen (secondary N) is 1. The molecular weight excluding hydrogens is 306 g/mol. The lowest BCUT2D eigenvalue weighted by Crippen LogP contribution is -2.11. The molecule has 0 aliphatic carbocycles. The minimum Gasteiger partial charge on any atom is -0.395 e. The van der Waals surface area contributed by atoms with Gasteiger partial charge in [0.15, 0.2) is 5.76 Å². The molecule has 0 atom stereocenters. The Morgan fingerprint density at radius 3 is 2.43 bits per heavy atom. The van der Waals surface area contributed by atoms with Crippen LogP contribution in [0.2, 0.25) is 5.02 Å². The number of furan rings is 1. The van der Waals surface area contributed by atoms with Crippen molar-refractivity contribution in [3.8, 4) is 0 Å². The van der Waals surface area contributed by atoms with Crippen molar-refractivity contribution < 1.29 is 19.1 Å². The lowest BCUT2D eigenvalue weighted by molar-refractivity contribution is -0.402. The molecule has 0 bridgehead atoms. The fourth-order valence-corrected chi connectivity index (χ4v) is 1.62. The van der Waals surface area contributed by atoms with Gasteiger partial charge in [0.25, 0.3) is 11.6 Å². The molecule has 2 rings (SSSR count). The molecule has 1 heterocycles. The van der Waals surface area contributed by atoms with Crippen molar-refractivity contribution in [1.82, 2.24) is 0 Å². The van der Waals surface area contributed by atoms with Crippen molar-refractivity contribution in [3.63, 3.8) is 0 Å². The molecule has 1 aromatic carbocycles. The van der Waals surface area contributed by atoms with Crippen LogP contribution in [0.1, 0.15) is 10.6 Å². The third kappa shape index (κ3) is 3.15. The van der Waals surface area contributed by atoms with Gasteiger partial charge in [-0.1, -0.05) is 11.6 Å². The van der Waals surface area contributed by atoms with Crippen LogP contribution in [-0.2, 0) is 0 Å². The van der Waals surface area contributed by atoms with Crippen LogP contribution in [-0.4, -0.2) is 15.8 Å². The minimum absolute atomic E-state index is 0.00470. The van der Waals surface area contributed by atoms with E-state index in [4.69, 9.17) is 16.0 Å². The number of carbonyl (C=O) groups is 1. The van der Waals surface area contributed by atoms with Crippen LogP contribution < -0.4 is 5.32 Å². The lowest BCUT2D eigenvalue weighted by atomic mass is 10.2. The Morgan fingerprint density at radius 1 is 1.14 bits per heavy atom. The smallest absolute Gasteiger partial charge is 0.395 e. The van der Waals surface area contributed by atoms with Crippen molar-refractivity contribution in [1.29, 1.82) is 0 Å². The van der Waals surface area contributed by atoms with Crippen molar-refractivity contribution in [2.24, 2.45) is 0 Å². The summed E-state index contributed by atoms with van der Waals surface area (Å²) < 4.78 is 4.71. The van der Waals surface area contributed by atoms with Crippen LogP contribution >= 0.6 is 11.6 Å². The topological polar surface area (TPSA) is 129 Å². The SMILES string of the molecule is O=C(Nc1cc([N+](=O)[O-])ccc1Cl)c1ccc([N+](=O)[O-])o1. The highest BCUT2D eigenvalue weighted by Crippen LogP contribution is 2.27. The van der Waals surface area contributed by atoms with Gasteiger partial charge in [-0.3, -0.25) is 25.0 Å². The van der Waals surface area contributed by atoms with Gasteiger partial charge in [-0.2, -0.15) is 0 Å². The molecule has 1 amide bonds. The zero-order valence-corrected chi connectivity index (χ0v) is 10.9. The summed E-state index contributed by atoms with van der Waals surface area (Å²) in [6.07, 6.45) is 0. The molecule has 0 aliphatic rings. The Bertz CT molecular complexity index is 741. The van der Waals surface area contributed by atoms with Gasteiger partial charge >= 0.3 is 5.88 Å². The molecule has 0 fully saturated rings. The maximum atomic E-state index is 11.8. The predicted molar refractivity (Wildman–Crippen MR) is 71.4 cm³/mol. The van der Waals surface area contributed by atoms with Crippen LogP contribution in [0.25, 0.3) is 0 Å². The standard InChI is InChI=1S/C11H6ClN3O6/c12-7-2-1-6(14(17)18)5-8(7)13-11(16)9-3-4-10(21-9)15(19)20/h1-5H,(H,13,16). The molecule has 0 saturated carbocycles. The van der Waals surface area contributed by atoms with Gasteiger partial charge in [-0.15, -0.1) is 0 Å². The van der Waals surface area contributed by atoms with Gasteiger partial charge in [-0.25, -0.2) is 0 Å². The summed E-state index contributed by atoms with van der Waals surface area (Å²) in [4.78, 5) is 31.5. The zero-order valence-electron chi connectivity index (χ0n) is 10.1. The summed E-state index contributed by atoms with van der Waals surface area (Å²) in [7, 11) is 0. The Morgan fingerprint density at radius 2 is 1.86 bits per heavy atom. The average Bonchev–Trinajstić information content (AvgIpc) is 2.90. The molecule has 1 aromatic heterocycles. The summed E-state index contributed by atoms with van der Waals surface area (Å²) in [5, 5.41) is 23.5.